The number of aromatic nitrogens is 1. The molecule has 0 radical (unpaired) electrons. The topological polar surface area (TPSA) is 69.7 Å². The van der Waals surface area contributed by atoms with Gasteiger partial charge >= 0.3 is 0 Å². The van der Waals surface area contributed by atoms with Crippen LogP contribution in [0.5, 0.6) is 11.5 Å². The van der Waals surface area contributed by atoms with E-state index >= 15 is 0 Å². The predicted molar refractivity (Wildman–Crippen MR) is 134 cm³/mol. The Kier molecular flexibility index (Phi) is 6.94. The van der Waals surface area contributed by atoms with Gasteiger partial charge in [0.1, 0.15) is 0 Å². The Morgan fingerprint density at radius 2 is 1.64 bits per heavy atom. The largest absolute Gasteiger partial charge is 0.493 e. The molecule has 6 heteroatoms. The first-order chi connectivity index (χ1) is 16.0. The third-order valence-corrected chi connectivity index (χ3v) is 6.97. The fourth-order valence-electron chi connectivity index (χ4n) is 5.22. The van der Waals surface area contributed by atoms with Crippen LogP contribution in [0.4, 0.5) is 5.69 Å². The predicted octanol–water partition coefficient (Wildman–Crippen LogP) is 5.11. The average Bonchev–Trinajstić information content (AvgIpc) is 3.13. The molecule has 1 saturated heterocycles. The molecule has 6 nitrogen and oxygen atoms in total. The normalized spacial score (nSPS) is 14.6. The van der Waals surface area contributed by atoms with Crippen LogP contribution in [0.25, 0.3) is 16.6 Å². The van der Waals surface area contributed by atoms with E-state index in [-0.39, 0.29) is 5.78 Å². The molecule has 2 N–H and O–H groups in total. The number of hydrogen-bond acceptors (Lipinski definition) is 5. The summed E-state index contributed by atoms with van der Waals surface area (Å²) in [5, 5.41) is 0.876. The van der Waals surface area contributed by atoms with E-state index in [1.54, 1.807) is 21.1 Å². The number of hydrogen-bond donors (Lipinski definition) is 1. The molecule has 33 heavy (non-hydrogen) atoms. The SMILES string of the molecule is COc1cc2c(C(C)=O)c(C)n(-c3ccc(N4CCC(CCCN)CC4)cc3)c2cc1OC. The summed E-state index contributed by atoms with van der Waals surface area (Å²) in [6.45, 7) is 6.58. The highest BCUT2D eigenvalue weighted by Gasteiger charge is 2.22. The van der Waals surface area contributed by atoms with Crippen molar-refractivity contribution in [2.75, 3.05) is 38.8 Å². The van der Waals surface area contributed by atoms with Crippen molar-refractivity contribution in [3.8, 4) is 17.2 Å². The average molecular weight is 450 g/mol. The summed E-state index contributed by atoms with van der Waals surface area (Å²) in [5.41, 5.74) is 10.5. The summed E-state index contributed by atoms with van der Waals surface area (Å²) >= 11 is 0. The van der Waals surface area contributed by atoms with Gasteiger partial charge in [-0.2, -0.15) is 0 Å². The molecule has 0 unspecified atom stereocenters. The number of carbonyl (C=O) groups excluding carboxylic acids is 1. The lowest BCUT2D eigenvalue weighted by Crippen LogP contribution is -2.33. The van der Waals surface area contributed by atoms with Crippen LogP contribution in [0.15, 0.2) is 36.4 Å². The zero-order chi connectivity index (χ0) is 23.5. The van der Waals surface area contributed by atoms with Crippen molar-refractivity contribution in [1.82, 2.24) is 4.57 Å². The number of benzene rings is 2. The minimum Gasteiger partial charge on any atom is -0.493 e. The standard InChI is InChI=1S/C27H35N3O3/c1-18-27(19(2)31)23-16-25(32-3)26(33-4)17-24(23)30(18)22-9-7-21(8-10-22)29-14-11-20(12-15-29)6-5-13-28/h7-10,16-17,20H,5-6,11-15,28H2,1-4H3. The first-order valence-corrected chi connectivity index (χ1v) is 11.8. The lowest BCUT2D eigenvalue weighted by atomic mass is 9.92. The van der Waals surface area contributed by atoms with E-state index in [1.807, 2.05) is 19.1 Å². The zero-order valence-electron chi connectivity index (χ0n) is 20.2. The van der Waals surface area contributed by atoms with Crippen molar-refractivity contribution in [1.29, 1.82) is 0 Å². The minimum absolute atomic E-state index is 0.0394. The first kappa shape index (κ1) is 23.2. The molecular weight excluding hydrogens is 414 g/mol. The number of rotatable bonds is 8. The van der Waals surface area contributed by atoms with Gasteiger partial charge in [-0.25, -0.2) is 0 Å². The second kappa shape index (κ2) is 9.87. The van der Waals surface area contributed by atoms with E-state index in [0.717, 1.165) is 59.8 Å². The van der Waals surface area contributed by atoms with Gasteiger partial charge < -0.3 is 24.7 Å². The lowest BCUT2D eigenvalue weighted by molar-refractivity contribution is 0.101. The van der Waals surface area contributed by atoms with Crippen molar-refractivity contribution >= 4 is 22.4 Å². The van der Waals surface area contributed by atoms with Gasteiger partial charge in [-0.05, 0) is 82.3 Å². The van der Waals surface area contributed by atoms with Crippen LogP contribution in [0.1, 0.15) is 48.7 Å². The van der Waals surface area contributed by atoms with Gasteiger partial charge in [0.15, 0.2) is 17.3 Å². The van der Waals surface area contributed by atoms with E-state index in [2.05, 4.69) is 33.7 Å². The van der Waals surface area contributed by atoms with E-state index in [1.165, 1.54) is 24.9 Å². The molecule has 0 saturated carbocycles. The number of methoxy groups -OCH3 is 2. The number of nitrogens with two attached hydrogens (primary N) is 1. The van der Waals surface area contributed by atoms with Gasteiger partial charge in [0.25, 0.3) is 0 Å². The Balaban J connectivity index is 1.67. The molecular formula is C27H35N3O3. The molecule has 4 rings (SSSR count). The minimum atomic E-state index is 0.0394. The molecule has 2 heterocycles. The Hall–Kier alpha value is -2.99. The van der Waals surface area contributed by atoms with Crippen LogP contribution in [-0.2, 0) is 0 Å². The van der Waals surface area contributed by atoms with Crippen LogP contribution in [0.2, 0.25) is 0 Å². The van der Waals surface area contributed by atoms with Gasteiger partial charge in [-0.1, -0.05) is 0 Å². The Morgan fingerprint density at radius 3 is 2.21 bits per heavy atom. The smallest absolute Gasteiger partial charge is 0.162 e. The Morgan fingerprint density at radius 1 is 1.03 bits per heavy atom. The Bertz CT molecular complexity index is 1130. The van der Waals surface area contributed by atoms with E-state index in [4.69, 9.17) is 15.2 Å². The quantitative estimate of drug-likeness (QED) is 0.484. The molecule has 1 fully saturated rings. The molecule has 0 bridgehead atoms. The molecule has 0 spiro atoms. The van der Waals surface area contributed by atoms with Crippen LogP contribution < -0.4 is 20.1 Å². The highest BCUT2D eigenvalue weighted by molar-refractivity contribution is 6.09. The number of fused-ring (bicyclic) bond motifs is 1. The van der Waals surface area contributed by atoms with E-state index < -0.39 is 0 Å². The number of ether oxygens (including phenoxy) is 2. The highest BCUT2D eigenvalue weighted by Crippen LogP contribution is 2.38. The van der Waals surface area contributed by atoms with Gasteiger partial charge in [0.2, 0.25) is 0 Å². The lowest BCUT2D eigenvalue weighted by Gasteiger charge is -2.33. The van der Waals surface area contributed by atoms with Gasteiger partial charge in [-0.15, -0.1) is 0 Å². The van der Waals surface area contributed by atoms with Crippen molar-refractivity contribution in [2.24, 2.45) is 11.7 Å². The van der Waals surface area contributed by atoms with Crippen LogP contribution in [0, 0.1) is 12.8 Å². The van der Waals surface area contributed by atoms with Crippen molar-refractivity contribution < 1.29 is 14.3 Å². The summed E-state index contributed by atoms with van der Waals surface area (Å²) in [7, 11) is 3.24. The fraction of sp³-hybridized carbons (Fsp3) is 0.444. The van der Waals surface area contributed by atoms with Crippen LogP contribution in [-0.4, -0.2) is 44.2 Å². The molecule has 1 aromatic heterocycles. The van der Waals surface area contributed by atoms with Gasteiger partial charge in [0.05, 0.1) is 19.7 Å². The number of nitrogens with zero attached hydrogens (tertiary/aromatic N) is 2. The van der Waals surface area contributed by atoms with Crippen molar-refractivity contribution in [2.45, 2.75) is 39.5 Å². The molecule has 3 aromatic rings. The second-order valence-electron chi connectivity index (χ2n) is 8.95. The molecule has 0 amide bonds. The maximum Gasteiger partial charge on any atom is 0.162 e. The second-order valence-corrected chi connectivity index (χ2v) is 8.95. The first-order valence-electron chi connectivity index (χ1n) is 11.8. The number of piperidine rings is 1. The van der Waals surface area contributed by atoms with Gasteiger partial charge in [0, 0.05) is 47.2 Å². The number of anilines is 1. The third kappa shape index (κ3) is 4.44. The van der Waals surface area contributed by atoms with E-state index in [9.17, 15) is 4.79 Å². The fourth-order valence-corrected chi connectivity index (χ4v) is 5.22. The van der Waals surface area contributed by atoms with Gasteiger partial charge in [-0.3, -0.25) is 4.79 Å². The maximum atomic E-state index is 12.5. The molecule has 176 valence electrons. The molecule has 1 aliphatic rings. The third-order valence-electron chi connectivity index (χ3n) is 6.97. The van der Waals surface area contributed by atoms with Crippen molar-refractivity contribution in [3.05, 3.63) is 47.7 Å². The zero-order valence-corrected chi connectivity index (χ0v) is 20.2. The number of Topliss-reactive ketones (excluding diaryl/α,β-unsaturated/α-hetero) is 1. The van der Waals surface area contributed by atoms with Crippen LogP contribution in [0.3, 0.4) is 0 Å². The molecule has 0 atom stereocenters. The molecule has 1 aliphatic heterocycles. The summed E-state index contributed by atoms with van der Waals surface area (Å²) in [6, 6.07) is 12.5. The Labute approximate surface area is 196 Å². The highest BCUT2D eigenvalue weighted by atomic mass is 16.5. The molecule has 0 aliphatic carbocycles. The maximum absolute atomic E-state index is 12.5. The number of carbonyl (C=O) groups is 1. The number of ketones is 1. The monoisotopic (exact) mass is 449 g/mol. The summed E-state index contributed by atoms with van der Waals surface area (Å²) in [6.07, 6.45) is 4.83. The summed E-state index contributed by atoms with van der Waals surface area (Å²) in [5.74, 6) is 2.11. The van der Waals surface area contributed by atoms with E-state index in [0.29, 0.717) is 11.5 Å². The summed E-state index contributed by atoms with van der Waals surface area (Å²) in [4.78, 5) is 15.0. The summed E-state index contributed by atoms with van der Waals surface area (Å²) < 4.78 is 13.2. The van der Waals surface area contributed by atoms with Crippen LogP contribution >= 0.6 is 0 Å². The molecule has 2 aromatic carbocycles. The van der Waals surface area contributed by atoms with Crippen molar-refractivity contribution in [3.63, 3.8) is 0 Å².